The van der Waals surface area contributed by atoms with Gasteiger partial charge in [0.15, 0.2) is 0 Å². The Bertz CT molecular complexity index is 1180. The fourth-order valence-corrected chi connectivity index (χ4v) is 3.34. The molecule has 0 bridgehead atoms. The maximum atomic E-state index is 13.3. The first-order chi connectivity index (χ1) is 14.0. The normalized spacial score (nSPS) is 10.9. The summed E-state index contributed by atoms with van der Waals surface area (Å²) in [5.74, 6) is 0.372. The first kappa shape index (κ1) is 18.7. The Labute approximate surface area is 167 Å². The summed E-state index contributed by atoms with van der Waals surface area (Å²) in [6, 6.07) is 17.4. The predicted molar refractivity (Wildman–Crippen MR) is 111 cm³/mol. The minimum atomic E-state index is -0.308. The molecule has 0 aliphatic rings. The summed E-state index contributed by atoms with van der Waals surface area (Å²) in [7, 11) is 0. The van der Waals surface area contributed by atoms with Gasteiger partial charge in [-0.3, -0.25) is 4.79 Å². The largest absolute Gasteiger partial charge is 0.361 e. The number of anilines is 2. The van der Waals surface area contributed by atoms with Crippen molar-refractivity contribution in [2.24, 2.45) is 0 Å². The van der Waals surface area contributed by atoms with Gasteiger partial charge in [-0.1, -0.05) is 35.5 Å². The van der Waals surface area contributed by atoms with Gasteiger partial charge in [0.1, 0.15) is 17.3 Å². The van der Waals surface area contributed by atoms with Crippen LogP contribution in [0.4, 0.5) is 15.8 Å². The van der Waals surface area contributed by atoms with E-state index in [9.17, 15) is 9.18 Å². The van der Waals surface area contributed by atoms with Crippen molar-refractivity contribution in [1.82, 2.24) is 9.72 Å². The van der Waals surface area contributed by atoms with E-state index in [1.807, 2.05) is 50.2 Å². The third-order valence-corrected chi connectivity index (χ3v) is 4.73. The van der Waals surface area contributed by atoms with Crippen LogP contribution in [0.25, 0.3) is 11.1 Å². The van der Waals surface area contributed by atoms with Crippen LogP contribution in [0.5, 0.6) is 0 Å². The van der Waals surface area contributed by atoms with Crippen LogP contribution in [-0.2, 0) is 6.54 Å². The highest BCUT2D eigenvalue weighted by Gasteiger charge is 2.16. The fourth-order valence-electron chi connectivity index (χ4n) is 3.34. The van der Waals surface area contributed by atoms with Crippen molar-refractivity contribution in [3.8, 4) is 11.1 Å². The molecule has 0 amide bonds. The van der Waals surface area contributed by atoms with E-state index in [4.69, 9.17) is 4.52 Å². The molecule has 4 aromatic rings. The average Bonchev–Trinajstić information content (AvgIpc) is 3.05. The number of benzene rings is 2. The number of hydrogen-bond donors (Lipinski definition) is 1. The number of aromatic nitrogens is 2. The van der Waals surface area contributed by atoms with Gasteiger partial charge in [0.2, 0.25) is 0 Å². The van der Waals surface area contributed by atoms with Crippen LogP contribution in [0.3, 0.4) is 0 Å². The summed E-state index contributed by atoms with van der Waals surface area (Å²) in [6.45, 7) is 4.03. The van der Waals surface area contributed by atoms with Gasteiger partial charge in [0.25, 0.3) is 5.56 Å². The summed E-state index contributed by atoms with van der Waals surface area (Å²) in [5, 5.41) is 7.23. The van der Waals surface area contributed by atoms with Gasteiger partial charge in [-0.2, -0.15) is 0 Å². The van der Waals surface area contributed by atoms with E-state index in [1.165, 1.54) is 12.1 Å². The van der Waals surface area contributed by atoms with Crippen molar-refractivity contribution in [3.05, 3.63) is 100 Å². The molecule has 2 heterocycles. The van der Waals surface area contributed by atoms with Gasteiger partial charge >= 0.3 is 0 Å². The van der Waals surface area contributed by atoms with Crippen LogP contribution in [0, 0.1) is 19.7 Å². The molecule has 0 aliphatic heterocycles. The second-order valence-corrected chi connectivity index (χ2v) is 6.89. The van der Waals surface area contributed by atoms with Crippen LogP contribution in [0.15, 0.2) is 76.2 Å². The summed E-state index contributed by atoms with van der Waals surface area (Å²) < 4.78 is 20.2. The highest BCUT2D eigenvalue weighted by molar-refractivity contribution is 5.72. The molecule has 5 nitrogen and oxygen atoms in total. The molecule has 0 spiro atoms. The monoisotopic (exact) mass is 389 g/mol. The van der Waals surface area contributed by atoms with Crippen molar-refractivity contribution in [3.63, 3.8) is 0 Å². The smallest absolute Gasteiger partial charge is 0.274 e. The van der Waals surface area contributed by atoms with Crippen LogP contribution in [0.2, 0.25) is 0 Å². The topological polar surface area (TPSA) is 60.1 Å². The molecule has 0 aliphatic carbocycles. The third kappa shape index (κ3) is 3.96. The molecule has 0 fully saturated rings. The van der Waals surface area contributed by atoms with Crippen LogP contribution >= 0.6 is 0 Å². The van der Waals surface area contributed by atoms with Crippen molar-refractivity contribution in [1.29, 1.82) is 0 Å². The molecule has 0 atom stereocenters. The van der Waals surface area contributed by atoms with Gasteiger partial charge in [0.05, 0.1) is 12.2 Å². The molecule has 146 valence electrons. The first-order valence-corrected chi connectivity index (χ1v) is 9.25. The molecule has 29 heavy (non-hydrogen) atoms. The zero-order valence-electron chi connectivity index (χ0n) is 16.1. The first-order valence-electron chi connectivity index (χ1n) is 9.25. The lowest BCUT2D eigenvalue weighted by molar-refractivity contribution is 0.393. The molecular formula is C23H20FN3O2. The van der Waals surface area contributed by atoms with Gasteiger partial charge in [0, 0.05) is 23.0 Å². The summed E-state index contributed by atoms with van der Waals surface area (Å²) >= 11 is 0. The zero-order chi connectivity index (χ0) is 20.4. The average molecular weight is 389 g/mol. The van der Waals surface area contributed by atoms with Crippen molar-refractivity contribution in [2.75, 3.05) is 5.32 Å². The lowest BCUT2D eigenvalue weighted by Crippen LogP contribution is -2.23. The lowest BCUT2D eigenvalue weighted by Gasteiger charge is -2.13. The third-order valence-electron chi connectivity index (χ3n) is 4.73. The quantitative estimate of drug-likeness (QED) is 0.519. The zero-order valence-corrected chi connectivity index (χ0v) is 16.1. The van der Waals surface area contributed by atoms with Gasteiger partial charge in [-0.15, -0.1) is 0 Å². The molecule has 6 heteroatoms. The number of pyridine rings is 1. The summed E-state index contributed by atoms with van der Waals surface area (Å²) in [4.78, 5) is 13.1. The van der Waals surface area contributed by atoms with E-state index in [-0.39, 0.29) is 11.4 Å². The molecule has 2 aromatic carbocycles. The number of para-hydroxylation sites is 1. The fraction of sp³-hybridized carbons (Fsp3) is 0.130. The Morgan fingerprint density at radius 1 is 1.07 bits per heavy atom. The minimum Gasteiger partial charge on any atom is -0.361 e. The highest BCUT2D eigenvalue weighted by Crippen LogP contribution is 2.28. The van der Waals surface area contributed by atoms with E-state index < -0.39 is 0 Å². The number of rotatable bonds is 5. The van der Waals surface area contributed by atoms with Gasteiger partial charge in [-0.25, -0.2) is 4.39 Å². The number of halogens is 1. The molecule has 1 N–H and O–H groups in total. The number of hydrogen-bond acceptors (Lipinski definition) is 4. The summed E-state index contributed by atoms with van der Waals surface area (Å²) in [6.07, 6.45) is 1.79. The molecule has 0 unspecified atom stereocenters. The van der Waals surface area contributed by atoms with E-state index in [2.05, 4.69) is 10.5 Å². The number of nitrogens with zero attached hydrogens (tertiary/aromatic N) is 2. The minimum absolute atomic E-state index is 0.173. The molecular weight excluding hydrogens is 369 g/mol. The second-order valence-electron chi connectivity index (χ2n) is 6.89. The Morgan fingerprint density at radius 2 is 1.79 bits per heavy atom. The Kier molecular flexibility index (Phi) is 4.99. The van der Waals surface area contributed by atoms with E-state index in [0.29, 0.717) is 18.0 Å². The maximum Gasteiger partial charge on any atom is 0.274 e. The van der Waals surface area contributed by atoms with Crippen molar-refractivity contribution in [2.45, 2.75) is 20.4 Å². The molecule has 4 rings (SSSR count). The van der Waals surface area contributed by atoms with E-state index in [0.717, 1.165) is 28.1 Å². The van der Waals surface area contributed by atoms with E-state index >= 15 is 0 Å². The van der Waals surface area contributed by atoms with Gasteiger partial charge in [-0.05, 0) is 49.7 Å². The molecule has 0 saturated carbocycles. The Balaban J connectivity index is 1.82. The lowest BCUT2D eigenvalue weighted by atomic mass is 10.1. The second kappa shape index (κ2) is 7.75. The highest BCUT2D eigenvalue weighted by atomic mass is 19.1. The Morgan fingerprint density at radius 3 is 2.45 bits per heavy atom. The predicted octanol–water partition coefficient (Wildman–Crippen LogP) is 5.05. The molecule has 0 radical (unpaired) electrons. The van der Waals surface area contributed by atoms with Crippen LogP contribution in [-0.4, -0.2) is 9.72 Å². The standard InChI is InChI=1S/C23H20FN3O2/c1-15-22(16(2)29-26-15)18-12-21(25-20-6-4-3-5-7-20)23(28)27(14-18)13-17-8-10-19(24)11-9-17/h3-12,14,25H,13H2,1-2H3. The molecule has 2 aromatic heterocycles. The maximum absolute atomic E-state index is 13.3. The van der Waals surface area contributed by atoms with Gasteiger partial charge < -0.3 is 14.4 Å². The number of aryl methyl sites for hydroxylation is 2. The SMILES string of the molecule is Cc1noc(C)c1-c1cc(Nc2ccccc2)c(=O)n(Cc2ccc(F)cc2)c1. The molecule has 0 saturated heterocycles. The summed E-state index contributed by atoms with van der Waals surface area (Å²) in [5.41, 5.74) is 4.34. The Hall–Kier alpha value is -3.67. The van der Waals surface area contributed by atoms with Crippen LogP contribution < -0.4 is 10.9 Å². The van der Waals surface area contributed by atoms with Crippen LogP contribution in [0.1, 0.15) is 17.0 Å². The van der Waals surface area contributed by atoms with E-state index in [1.54, 1.807) is 22.9 Å². The van der Waals surface area contributed by atoms with Crippen molar-refractivity contribution >= 4 is 11.4 Å². The van der Waals surface area contributed by atoms with Crippen molar-refractivity contribution < 1.29 is 8.91 Å². The number of nitrogens with one attached hydrogen (secondary N) is 1.